The van der Waals surface area contributed by atoms with Crippen LogP contribution >= 0.6 is 0 Å². The number of nitrogens with zero attached hydrogens (tertiary/aromatic N) is 3. The van der Waals surface area contributed by atoms with Crippen molar-refractivity contribution in [3.63, 3.8) is 0 Å². The van der Waals surface area contributed by atoms with E-state index in [1.165, 1.54) is 0 Å². The molecule has 0 unspecified atom stereocenters. The van der Waals surface area contributed by atoms with Gasteiger partial charge in [-0.05, 0) is 75.2 Å². The van der Waals surface area contributed by atoms with Gasteiger partial charge in [0.2, 0.25) is 5.95 Å². The van der Waals surface area contributed by atoms with Crippen LogP contribution in [-0.4, -0.2) is 39.1 Å². The highest BCUT2D eigenvalue weighted by molar-refractivity contribution is 7.92. The van der Waals surface area contributed by atoms with E-state index in [0.717, 1.165) is 34.1 Å². The van der Waals surface area contributed by atoms with Gasteiger partial charge in [0.25, 0.3) is 10.0 Å². The molecule has 9 heteroatoms. The molecule has 0 saturated heterocycles. The average molecular weight is 456 g/mol. The molecule has 1 aromatic heterocycles. The van der Waals surface area contributed by atoms with Crippen molar-refractivity contribution in [3.8, 4) is 5.75 Å². The van der Waals surface area contributed by atoms with Crippen molar-refractivity contribution in [3.05, 3.63) is 59.3 Å². The van der Waals surface area contributed by atoms with Crippen molar-refractivity contribution in [1.82, 2.24) is 9.97 Å². The smallest absolute Gasteiger partial charge is 0.261 e. The van der Waals surface area contributed by atoms with Gasteiger partial charge in [0.1, 0.15) is 11.6 Å². The lowest BCUT2D eigenvalue weighted by atomic mass is 10.1. The van der Waals surface area contributed by atoms with E-state index in [-0.39, 0.29) is 4.90 Å². The number of sulfonamides is 1. The van der Waals surface area contributed by atoms with Crippen molar-refractivity contribution in [2.75, 3.05) is 35.6 Å². The third kappa shape index (κ3) is 5.47. The predicted molar refractivity (Wildman–Crippen MR) is 129 cm³/mol. The van der Waals surface area contributed by atoms with Crippen LogP contribution in [0.15, 0.2) is 47.4 Å². The van der Waals surface area contributed by atoms with Crippen molar-refractivity contribution in [2.24, 2.45) is 0 Å². The molecule has 1 heterocycles. The molecule has 0 bridgehead atoms. The van der Waals surface area contributed by atoms with Crippen molar-refractivity contribution in [1.29, 1.82) is 0 Å². The molecule has 0 fully saturated rings. The summed E-state index contributed by atoms with van der Waals surface area (Å²) in [6.45, 7) is 8.01. The van der Waals surface area contributed by atoms with Gasteiger partial charge >= 0.3 is 0 Å². The first-order valence-electron chi connectivity index (χ1n) is 10.3. The normalized spacial score (nSPS) is 11.2. The molecule has 3 aromatic rings. The Labute approximate surface area is 189 Å². The summed E-state index contributed by atoms with van der Waals surface area (Å²) in [6, 6.07) is 12.1. The zero-order valence-corrected chi connectivity index (χ0v) is 20.0. The van der Waals surface area contributed by atoms with E-state index < -0.39 is 10.0 Å². The second-order valence-corrected chi connectivity index (χ2v) is 9.40. The number of benzene rings is 2. The topological polar surface area (TPSA) is 96.5 Å². The third-order valence-electron chi connectivity index (χ3n) is 4.72. The van der Waals surface area contributed by atoms with Crippen LogP contribution in [0.25, 0.3) is 0 Å². The molecule has 0 atom stereocenters. The lowest BCUT2D eigenvalue weighted by molar-refractivity contribution is 0.335. The minimum atomic E-state index is -3.74. The van der Waals surface area contributed by atoms with Gasteiger partial charge in [-0.3, -0.25) is 4.72 Å². The van der Waals surface area contributed by atoms with Crippen LogP contribution < -0.4 is 19.7 Å². The quantitative estimate of drug-likeness (QED) is 0.519. The Morgan fingerprint density at radius 1 is 0.938 bits per heavy atom. The largest absolute Gasteiger partial charge is 0.493 e. The Balaban J connectivity index is 1.77. The number of hydrogen-bond acceptors (Lipinski definition) is 7. The number of nitrogens with one attached hydrogen (secondary N) is 2. The summed E-state index contributed by atoms with van der Waals surface area (Å²) in [5.74, 6) is 1.99. The molecule has 0 amide bonds. The summed E-state index contributed by atoms with van der Waals surface area (Å²) < 4.78 is 34.0. The van der Waals surface area contributed by atoms with E-state index in [9.17, 15) is 8.42 Å². The summed E-state index contributed by atoms with van der Waals surface area (Å²) in [4.78, 5) is 11.0. The van der Waals surface area contributed by atoms with Crippen molar-refractivity contribution >= 4 is 33.2 Å². The maximum Gasteiger partial charge on any atom is 0.261 e. The maximum atomic E-state index is 12.9. The minimum absolute atomic E-state index is 0.197. The van der Waals surface area contributed by atoms with Crippen LogP contribution in [0.5, 0.6) is 5.75 Å². The van der Waals surface area contributed by atoms with E-state index >= 15 is 0 Å². The first-order chi connectivity index (χ1) is 15.1. The van der Waals surface area contributed by atoms with E-state index in [2.05, 4.69) is 20.0 Å². The molecule has 2 aromatic carbocycles. The van der Waals surface area contributed by atoms with Crippen LogP contribution in [0.4, 0.5) is 23.1 Å². The second kappa shape index (κ2) is 9.44. The molecule has 8 nitrogen and oxygen atoms in total. The van der Waals surface area contributed by atoms with Gasteiger partial charge < -0.3 is 15.0 Å². The lowest BCUT2D eigenvalue weighted by Gasteiger charge is -2.15. The standard InChI is InChI=1S/C23H29N5O3S/c1-7-31-22-15(2)12-20(13-16(22)3)32(29,30)27-19-10-8-18(9-11-19)25-23-24-17(4)14-21(26-23)28(5)6/h8-14,27H,7H2,1-6H3,(H,24,25,26). The van der Waals surface area contributed by atoms with Gasteiger partial charge in [-0.25, -0.2) is 13.4 Å². The molecule has 0 radical (unpaired) electrons. The van der Waals surface area contributed by atoms with Gasteiger partial charge in [-0.2, -0.15) is 4.98 Å². The highest BCUT2D eigenvalue weighted by Gasteiger charge is 2.18. The van der Waals surface area contributed by atoms with Gasteiger partial charge in [0, 0.05) is 37.2 Å². The van der Waals surface area contributed by atoms with Gasteiger partial charge in [-0.15, -0.1) is 0 Å². The zero-order chi connectivity index (χ0) is 23.5. The Bertz CT molecular complexity index is 1190. The summed E-state index contributed by atoms with van der Waals surface area (Å²) in [6.07, 6.45) is 0. The molecule has 3 rings (SSSR count). The van der Waals surface area contributed by atoms with Crippen LogP contribution in [0.3, 0.4) is 0 Å². The van der Waals surface area contributed by atoms with Crippen LogP contribution in [0.1, 0.15) is 23.7 Å². The highest BCUT2D eigenvalue weighted by Crippen LogP contribution is 2.28. The fourth-order valence-corrected chi connectivity index (χ4v) is 4.47. The maximum absolute atomic E-state index is 12.9. The lowest BCUT2D eigenvalue weighted by Crippen LogP contribution is -2.14. The van der Waals surface area contributed by atoms with E-state index in [1.807, 2.05) is 52.8 Å². The van der Waals surface area contributed by atoms with Crippen LogP contribution in [0, 0.1) is 20.8 Å². The molecule has 0 spiro atoms. The molecular weight excluding hydrogens is 426 g/mol. The van der Waals surface area contributed by atoms with Gasteiger partial charge in [0.15, 0.2) is 0 Å². The van der Waals surface area contributed by atoms with E-state index in [0.29, 0.717) is 18.2 Å². The Morgan fingerprint density at radius 3 is 2.09 bits per heavy atom. The van der Waals surface area contributed by atoms with Gasteiger partial charge in [-0.1, -0.05) is 0 Å². The van der Waals surface area contributed by atoms with Crippen molar-refractivity contribution in [2.45, 2.75) is 32.6 Å². The number of anilines is 4. The number of rotatable bonds is 8. The molecule has 2 N–H and O–H groups in total. The highest BCUT2D eigenvalue weighted by atomic mass is 32.2. The predicted octanol–water partition coefficient (Wildman–Crippen LogP) is 4.41. The molecular formula is C23H29N5O3S. The fourth-order valence-electron chi connectivity index (χ4n) is 3.24. The summed E-state index contributed by atoms with van der Waals surface area (Å²) in [5.41, 5.74) is 3.61. The van der Waals surface area contributed by atoms with Crippen LogP contribution in [-0.2, 0) is 10.0 Å². The van der Waals surface area contributed by atoms with Crippen molar-refractivity contribution < 1.29 is 13.2 Å². The van der Waals surface area contributed by atoms with Gasteiger partial charge in [0.05, 0.1) is 11.5 Å². The Hall–Kier alpha value is -3.33. The first kappa shape index (κ1) is 23.3. The number of hydrogen-bond donors (Lipinski definition) is 2. The summed E-state index contributed by atoms with van der Waals surface area (Å²) in [7, 11) is 0.0943. The molecule has 0 aliphatic carbocycles. The SMILES string of the molecule is CCOc1c(C)cc(S(=O)(=O)Nc2ccc(Nc3nc(C)cc(N(C)C)n3)cc2)cc1C. The summed E-state index contributed by atoms with van der Waals surface area (Å²) >= 11 is 0. The fraction of sp³-hybridized carbons (Fsp3) is 0.304. The summed E-state index contributed by atoms with van der Waals surface area (Å²) in [5, 5.41) is 3.15. The molecule has 32 heavy (non-hydrogen) atoms. The number of aromatic nitrogens is 2. The third-order valence-corrected chi connectivity index (χ3v) is 6.09. The first-order valence-corrected chi connectivity index (χ1v) is 11.7. The van der Waals surface area contributed by atoms with E-state index in [1.54, 1.807) is 36.4 Å². The minimum Gasteiger partial charge on any atom is -0.493 e. The molecule has 0 aliphatic rings. The number of ether oxygens (including phenoxy) is 1. The number of aryl methyl sites for hydroxylation is 3. The monoisotopic (exact) mass is 455 g/mol. The molecule has 0 aliphatic heterocycles. The Kier molecular flexibility index (Phi) is 6.88. The molecule has 0 saturated carbocycles. The van der Waals surface area contributed by atoms with Crippen LogP contribution in [0.2, 0.25) is 0 Å². The molecule has 170 valence electrons. The zero-order valence-electron chi connectivity index (χ0n) is 19.2. The average Bonchev–Trinajstić information content (AvgIpc) is 2.71. The Morgan fingerprint density at radius 2 is 1.53 bits per heavy atom. The second-order valence-electron chi connectivity index (χ2n) is 7.71. The van der Waals surface area contributed by atoms with E-state index in [4.69, 9.17) is 4.74 Å².